The second-order valence-electron chi connectivity index (χ2n) is 7.55. The van der Waals surface area contributed by atoms with Crippen molar-refractivity contribution in [1.82, 2.24) is 5.32 Å². The zero-order chi connectivity index (χ0) is 21.3. The third-order valence-corrected chi connectivity index (χ3v) is 4.98. The lowest BCUT2D eigenvalue weighted by molar-refractivity contribution is -0.148. The summed E-state index contributed by atoms with van der Waals surface area (Å²) in [4.78, 5) is 12.6. The normalized spacial score (nSPS) is 11.7. The van der Waals surface area contributed by atoms with E-state index in [0.29, 0.717) is 12.1 Å². The summed E-state index contributed by atoms with van der Waals surface area (Å²) in [6.45, 7) is 4.84. The van der Waals surface area contributed by atoms with Crippen LogP contribution in [0.3, 0.4) is 0 Å². The van der Waals surface area contributed by atoms with E-state index in [9.17, 15) is 10.1 Å². The van der Waals surface area contributed by atoms with Crippen LogP contribution in [0.2, 0.25) is 0 Å². The highest BCUT2D eigenvalue weighted by Crippen LogP contribution is 2.23. The van der Waals surface area contributed by atoms with Crippen molar-refractivity contribution in [2.24, 2.45) is 5.92 Å². The zero-order valence-corrected chi connectivity index (χ0v) is 17.3. The van der Waals surface area contributed by atoms with Crippen molar-refractivity contribution in [1.29, 1.82) is 5.26 Å². The minimum absolute atomic E-state index is 0.107. The minimum Gasteiger partial charge on any atom is -0.460 e. The predicted molar refractivity (Wildman–Crippen MR) is 118 cm³/mol. The number of nitrogens with one attached hydrogen (secondary N) is 1. The molecular weight excluding hydrogens is 372 g/mol. The smallest absolute Gasteiger partial charge is 0.323 e. The van der Waals surface area contributed by atoms with Gasteiger partial charge in [0.15, 0.2) is 0 Å². The van der Waals surface area contributed by atoms with Gasteiger partial charge in [-0.3, -0.25) is 4.79 Å². The maximum atomic E-state index is 12.6. The van der Waals surface area contributed by atoms with Crippen molar-refractivity contribution in [3.8, 4) is 17.2 Å². The van der Waals surface area contributed by atoms with E-state index in [-0.39, 0.29) is 24.5 Å². The van der Waals surface area contributed by atoms with Gasteiger partial charge in [-0.25, -0.2) is 0 Å². The van der Waals surface area contributed by atoms with Gasteiger partial charge in [-0.2, -0.15) is 5.26 Å². The largest absolute Gasteiger partial charge is 0.460 e. The molecule has 1 N–H and O–H groups in total. The molecule has 152 valence electrons. The van der Waals surface area contributed by atoms with E-state index < -0.39 is 0 Å². The lowest BCUT2D eigenvalue weighted by Gasteiger charge is -2.21. The second-order valence-corrected chi connectivity index (χ2v) is 7.55. The van der Waals surface area contributed by atoms with Gasteiger partial charge in [0.2, 0.25) is 0 Å². The van der Waals surface area contributed by atoms with Crippen molar-refractivity contribution in [3.05, 3.63) is 95.6 Å². The van der Waals surface area contributed by atoms with E-state index in [0.717, 1.165) is 22.3 Å². The van der Waals surface area contributed by atoms with Gasteiger partial charge in [0.1, 0.15) is 12.6 Å². The van der Waals surface area contributed by atoms with Crippen LogP contribution in [-0.2, 0) is 22.7 Å². The van der Waals surface area contributed by atoms with Gasteiger partial charge in [-0.15, -0.1) is 0 Å². The molecule has 0 unspecified atom stereocenters. The van der Waals surface area contributed by atoms with Gasteiger partial charge in [0.05, 0.1) is 11.6 Å². The number of rotatable bonds is 8. The topological polar surface area (TPSA) is 62.1 Å². The Morgan fingerprint density at radius 2 is 1.60 bits per heavy atom. The zero-order valence-electron chi connectivity index (χ0n) is 17.3. The number of esters is 1. The summed E-state index contributed by atoms with van der Waals surface area (Å²) in [6, 6.07) is 27.1. The van der Waals surface area contributed by atoms with Gasteiger partial charge in [0, 0.05) is 6.54 Å². The lowest BCUT2D eigenvalue weighted by atomic mass is 9.99. The molecule has 0 bridgehead atoms. The summed E-state index contributed by atoms with van der Waals surface area (Å²) in [5.41, 5.74) is 4.61. The van der Waals surface area contributed by atoms with Gasteiger partial charge in [0.25, 0.3) is 0 Å². The molecule has 0 aliphatic heterocycles. The maximum absolute atomic E-state index is 12.6. The fourth-order valence-corrected chi connectivity index (χ4v) is 3.27. The van der Waals surface area contributed by atoms with E-state index >= 15 is 0 Å². The highest BCUT2D eigenvalue weighted by atomic mass is 16.5. The molecule has 0 aromatic heterocycles. The molecule has 0 amide bonds. The van der Waals surface area contributed by atoms with Crippen molar-refractivity contribution in [2.45, 2.75) is 33.0 Å². The van der Waals surface area contributed by atoms with Gasteiger partial charge in [-0.1, -0.05) is 86.6 Å². The monoisotopic (exact) mass is 398 g/mol. The molecule has 30 heavy (non-hydrogen) atoms. The van der Waals surface area contributed by atoms with Crippen LogP contribution in [0.5, 0.6) is 0 Å². The Hall–Kier alpha value is -3.42. The highest BCUT2D eigenvalue weighted by Gasteiger charge is 2.23. The summed E-state index contributed by atoms with van der Waals surface area (Å²) in [5, 5.41) is 12.6. The number of benzene rings is 3. The first kappa shape index (κ1) is 21.3. The molecule has 3 aromatic carbocycles. The fourth-order valence-electron chi connectivity index (χ4n) is 3.27. The van der Waals surface area contributed by atoms with Gasteiger partial charge >= 0.3 is 5.97 Å². The molecule has 0 heterocycles. The molecule has 1 atom stereocenters. The van der Waals surface area contributed by atoms with Crippen LogP contribution in [0.15, 0.2) is 78.9 Å². The van der Waals surface area contributed by atoms with Crippen LogP contribution in [-0.4, -0.2) is 12.0 Å². The van der Waals surface area contributed by atoms with Crippen LogP contribution < -0.4 is 5.32 Å². The Labute approximate surface area is 178 Å². The van der Waals surface area contributed by atoms with Crippen molar-refractivity contribution < 1.29 is 9.53 Å². The molecule has 4 nitrogen and oxygen atoms in total. The number of nitriles is 1. The predicted octanol–water partition coefficient (Wildman–Crippen LogP) is 5.08. The number of nitrogens with zero attached hydrogens (tertiary/aromatic N) is 1. The third-order valence-electron chi connectivity index (χ3n) is 4.98. The Morgan fingerprint density at radius 3 is 2.27 bits per heavy atom. The molecule has 0 radical (unpaired) electrons. The summed E-state index contributed by atoms with van der Waals surface area (Å²) in [6.07, 6.45) is 0. The molecule has 0 fully saturated rings. The van der Waals surface area contributed by atoms with Crippen LogP contribution in [0.1, 0.15) is 30.5 Å². The standard InChI is InChI=1S/C26H26N2O2/c1-19(2)25(26(29)30-18-21-8-4-3-5-9-21)28-17-20-12-14-22(15-13-20)24-11-7-6-10-23(24)16-27/h3-15,19,25,28H,17-18H2,1-2H3/t25-/m0/s1. The van der Waals surface area contributed by atoms with E-state index in [2.05, 4.69) is 11.4 Å². The quantitative estimate of drug-likeness (QED) is 0.537. The first-order chi connectivity index (χ1) is 14.6. The Bertz CT molecular complexity index is 1010. The molecule has 3 aromatic rings. The SMILES string of the molecule is CC(C)[C@H](NCc1ccc(-c2ccccc2C#N)cc1)C(=O)OCc1ccccc1. The van der Waals surface area contributed by atoms with Crippen molar-refractivity contribution in [3.63, 3.8) is 0 Å². The van der Waals surface area contributed by atoms with Crippen molar-refractivity contribution in [2.75, 3.05) is 0 Å². The fraction of sp³-hybridized carbons (Fsp3) is 0.231. The third kappa shape index (κ3) is 5.56. The van der Waals surface area contributed by atoms with Crippen molar-refractivity contribution >= 4 is 5.97 Å². The summed E-state index contributed by atoms with van der Waals surface area (Å²) in [5.74, 6) is -0.136. The number of hydrogen-bond acceptors (Lipinski definition) is 4. The van der Waals surface area contributed by atoms with E-state index in [4.69, 9.17) is 4.74 Å². The first-order valence-electron chi connectivity index (χ1n) is 10.1. The van der Waals surface area contributed by atoms with Crippen LogP contribution in [0.25, 0.3) is 11.1 Å². The Morgan fingerprint density at radius 1 is 0.933 bits per heavy atom. The Balaban J connectivity index is 1.60. The first-order valence-corrected chi connectivity index (χ1v) is 10.1. The number of hydrogen-bond donors (Lipinski definition) is 1. The molecule has 0 aliphatic rings. The van der Waals surface area contributed by atoms with E-state index in [1.54, 1.807) is 0 Å². The molecular formula is C26H26N2O2. The molecule has 0 spiro atoms. The van der Waals surface area contributed by atoms with Gasteiger partial charge in [-0.05, 0) is 34.2 Å². The highest BCUT2D eigenvalue weighted by molar-refractivity contribution is 5.76. The molecule has 0 saturated heterocycles. The second kappa shape index (κ2) is 10.4. The molecule has 4 heteroatoms. The maximum Gasteiger partial charge on any atom is 0.323 e. The van der Waals surface area contributed by atoms with Crippen LogP contribution in [0.4, 0.5) is 0 Å². The number of carbonyl (C=O) groups excluding carboxylic acids is 1. The summed E-state index contributed by atoms with van der Waals surface area (Å²) < 4.78 is 5.51. The van der Waals surface area contributed by atoms with E-state index in [1.165, 1.54) is 0 Å². The molecule has 3 rings (SSSR count). The minimum atomic E-state index is -0.382. The molecule has 0 saturated carbocycles. The lowest BCUT2D eigenvalue weighted by Crippen LogP contribution is -2.41. The Kier molecular flexibility index (Phi) is 7.37. The van der Waals surface area contributed by atoms with E-state index in [1.807, 2.05) is 92.7 Å². The summed E-state index contributed by atoms with van der Waals surface area (Å²) >= 11 is 0. The number of carbonyl (C=O) groups is 1. The van der Waals surface area contributed by atoms with Crippen LogP contribution >= 0.6 is 0 Å². The van der Waals surface area contributed by atoms with Crippen LogP contribution in [0, 0.1) is 17.2 Å². The van der Waals surface area contributed by atoms with Gasteiger partial charge < -0.3 is 10.1 Å². The average Bonchev–Trinajstić information content (AvgIpc) is 2.78. The molecule has 0 aliphatic carbocycles. The number of ether oxygens (including phenoxy) is 1. The summed E-state index contributed by atoms with van der Waals surface area (Å²) in [7, 11) is 0. The average molecular weight is 399 g/mol.